The minimum absolute atomic E-state index is 0.0814. The zero-order valence-electron chi connectivity index (χ0n) is 15.8. The van der Waals surface area contributed by atoms with E-state index in [1.54, 1.807) is 41.8 Å². The molecule has 0 aliphatic rings. The van der Waals surface area contributed by atoms with E-state index in [1.165, 1.54) is 4.70 Å². The lowest BCUT2D eigenvalue weighted by Gasteiger charge is -2.09. The van der Waals surface area contributed by atoms with Gasteiger partial charge in [-0.05, 0) is 44.2 Å². The molecule has 1 aromatic heterocycles. The van der Waals surface area contributed by atoms with E-state index in [2.05, 4.69) is 10.5 Å². The lowest BCUT2D eigenvalue weighted by Crippen LogP contribution is -2.18. The third-order valence-electron chi connectivity index (χ3n) is 4.03. The maximum atomic E-state index is 12.2. The van der Waals surface area contributed by atoms with Gasteiger partial charge in [-0.3, -0.25) is 9.59 Å². The molecule has 1 N–H and O–H groups in total. The van der Waals surface area contributed by atoms with Crippen LogP contribution in [0, 0.1) is 0 Å². The van der Waals surface area contributed by atoms with Crippen molar-refractivity contribution in [1.82, 2.24) is 5.43 Å². The Labute approximate surface area is 168 Å². The number of nitrogens with one attached hydrogen (secondary N) is 1. The molecule has 0 aliphatic carbocycles. The van der Waals surface area contributed by atoms with Gasteiger partial charge < -0.3 is 4.74 Å². The zero-order chi connectivity index (χ0) is 19.9. The van der Waals surface area contributed by atoms with Gasteiger partial charge >= 0.3 is 0 Å². The molecule has 0 atom stereocenters. The first-order chi connectivity index (χ1) is 13.5. The fourth-order valence-electron chi connectivity index (χ4n) is 2.69. The predicted octanol–water partition coefficient (Wildman–Crippen LogP) is 4.80. The molecule has 2 aromatic carbocycles. The second-order valence-electron chi connectivity index (χ2n) is 6.59. The smallest absolute Gasteiger partial charge is 0.240 e. The van der Waals surface area contributed by atoms with Crippen molar-refractivity contribution < 1.29 is 14.3 Å². The van der Waals surface area contributed by atoms with Gasteiger partial charge in [0.05, 0.1) is 12.3 Å². The quantitative estimate of drug-likeness (QED) is 0.339. The molecule has 0 radical (unpaired) electrons. The second kappa shape index (κ2) is 9.28. The number of ketones is 1. The van der Waals surface area contributed by atoms with Crippen LogP contribution < -0.4 is 10.2 Å². The van der Waals surface area contributed by atoms with Crippen LogP contribution in [-0.2, 0) is 4.79 Å². The van der Waals surface area contributed by atoms with Gasteiger partial charge in [-0.2, -0.15) is 5.10 Å². The van der Waals surface area contributed by atoms with Crippen molar-refractivity contribution in [2.45, 2.75) is 32.8 Å². The Morgan fingerprint density at radius 3 is 2.61 bits per heavy atom. The van der Waals surface area contributed by atoms with Gasteiger partial charge in [0.2, 0.25) is 5.91 Å². The molecule has 28 heavy (non-hydrogen) atoms. The summed E-state index contributed by atoms with van der Waals surface area (Å²) in [5.41, 5.74) is 4.01. The SMILES string of the molecule is CC(C)Oc1ccc(C(=O)CCC(=O)N/N=C/c2csc3ccccc23)cc1. The van der Waals surface area contributed by atoms with Crippen molar-refractivity contribution in [2.75, 3.05) is 0 Å². The molecular weight excluding hydrogens is 372 g/mol. The number of Topliss-reactive ketones (excluding diaryl/α,β-unsaturated/α-hetero) is 1. The van der Waals surface area contributed by atoms with Crippen LogP contribution in [0.5, 0.6) is 5.75 Å². The van der Waals surface area contributed by atoms with E-state index in [0.717, 1.165) is 16.7 Å². The monoisotopic (exact) mass is 394 g/mol. The Bertz CT molecular complexity index is 990. The largest absolute Gasteiger partial charge is 0.491 e. The Kier molecular flexibility index (Phi) is 6.55. The number of amides is 1. The van der Waals surface area contributed by atoms with Gasteiger partial charge in [-0.25, -0.2) is 5.43 Å². The molecular formula is C22H22N2O3S. The first kappa shape index (κ1) is 19.8. The van der Waals surface area contributed by atoms with E-state index in [4.69, 9.17) is 4.74 Å². The van der Waals surface area contributed by atoms with Crippen LogP contribution >= 0.6 is 11.3 Å². The highest BCUT2D eigenvalue weighted by Gasteiger charge is 2.10. The van der Waals surface area contributed by atoms with Crippen LogP contribution in [0.2, 0.25) is 0 Å². The van der Waals surface area contributed by atoms with Gasteiger partial charge in [0, 0.05) is 39.4 Å². The zero-order valence-corrected chi connectivity index (χ0v) is 16.7. The summed E-state index contributed by atoms with van der Waals surface area (Å²) in [4.78, 5) is 24.2. The number of thiophene rings is 1. The van der Waals surface area contributed by atoms with E-state index in [9.17, 15) is 9.59 Å². The van der Waals surface area contributed by atoms with Gasteiger partial charge in [0.15, 0.2) is 5.78 Å². The second-order valence-corrected chi connectivity index (χ2v) is 7.51. The summed E-state index contributed by atoms with van der Waals surface area (Å²) in [7, 11) is 0. The van der Waals surface area contributed by atoms with Crippen LogP contribution in [0.3, 0.4) is 0 Å². The summed E-state index contributed by atoms with van der Waals surface area (Å²) in [5, 5.41) is 7.11. The highest BCUT2D eigenvalue weighted by molar-refractivity contribution is 7.17. The van der Waals surface area contributed by atoms with Gasteiger partial charge in [-0.1, -0.05) is 18.2 Å². The topological polar surface area (TPSA) is 67.8 Å². The molecule has 1 amide bonds. The molecule has 3 aromatic rings. The van der Waals surface area contributed by atoms with Crippen LogP contribution in [0.15, 0.2) is 59.0 Å². The fraction of sp³-hybridized carbons (Fsp3) is 0.227. The summed E-state index contributed by atoms with van der Waals surface area (Å²) in [6.45, 7) is 3.89. The molecule has 1 heterocycles. The standard InChI is InChI=1S/C22H22N2O3S/c1-15(2)27-18-9-7-16(8-10-18)20(25)11-12-22(26)24-23-13-17-14-28-21-6-4-3-5-19(17)21/h3-10,13-15H,11-12H2,1-2H3,(H,24,26)/b23-13+. The fourth-order valence-corrected chi connectivity index (χ4v) is 3.60. The number of nitrogens with zero attached hydrogens (tertiary/aromatic N) is 1. The Balaban J connectivity index is 1.48. The first-order valence-electron chi connectivity index (χ1n) is 9.11. The lowest BCUT2D eigenvalue weighted by molar-refractivity contribution is -0.121. The number of hydrazone groups is 1. The third-order valence-corrected chi connectivity index (χ3v) is 5.01. The van der Waals surface area contributed by atoms with Crippen LogP contribution in [0.25, 0.3) is 10.1 Å². The number of fused-ring (bicyclic) bond motifs is 1. The molecule has 0 saturated heterocycles. The summed E-state index contributed by atoms with van der Waals surface area (Å²) >= 11 is 1.63. The van der Waals surface area contributed by atoms with Crippen molar-refractivity contribution in [2.24, 2.45) is 5.10 Å². The molecule has 6 heteroatoms. The van der Waals surface area contributed by atoms with Crippen molar-refractivity contribution in [3.63, 3.8) is 0 Å². The molecule has 0 fully saturated rings. The van der Waals surface area contributed by atoms with Crippen molar-refractivity contribution in [1.29, 1.82) is 0 Å². The molecule has 3 rings (SSSR count). The maximum absolute atomic E-state index is 12.2. The minimum atomic E-state index is -0.288. The van der Waals surface area contributed by atoms with Crippen molar-refractivity contribution in [3.05, 3.63) is 65.0 Å². The molecule has 144 valence electrons. The number of ether oxygens (including phenoxy) is 1. The average molecular weight is 394 g/mol. The van der Waals surface area contributed by atoms with Gasteiger partial charge in [-0.15, -0.1) is 11.3 Å². The summed E-state index contributed by atoms with van der Waals surface area (Å²) in [6, 6.07) is 15.0. The van der Waals surface area contributed by atoms with E-state index in [-0.39, 0.29) is 30.6 Å². The molecule has 5 nitrogen and oxygen atoms in total. The minimum Gasteiger partial charge on any atom is -0.491 e. The molecule has 0 aliphatic heterocycles. The highest BCUT2D eigenvalue weighted by atomic mass is 32.1. The van der Waals surface area contributed by atoms with Crippen LogP contribution in [-0.4, -0.2) is 24.0 Å². The van der Waals surface area contributed by atoms with Gasteiger partial charge in [0.1, 0.15) is 5.75 Å². The van der Waals surface area contributed by atoms with E-state index < -0.39 is 0 Å². The number of rotatable bonds is 8. The highest BCUT2D eigenvalue weighted by Crippen LogP contribution is 2.24. The maximum Gasteiger partial charge on any atom is 0.240 e. The first-order valence-corrected chi connectivity index (χ1v) is 9.99. The van der Waals surface area contributed by atoms with E-state index in [1.807, 2.05) is 43.5 Å². The average Bonchev–Trinajstić information content (AvgIpc) is 3.09. The van der Waals surface area contributed by atoms with Crippen LogP contribution in [0.1, 0.15) is 42.6 Å². The molecule has 0 spiro atoms. The summed E-state index contributed by atoms with van der Waals surface area (Å²) in [6.07, 6.45) is 1.93. The lowest BCUT2D eigenvalue weighted by atomic mass is 10.1. The Hall–Kier alpha value is -2.99. The summed E-state index contributed by atoms with van der Waals surface area (Å²) < 4.78 is 6.73. The van der Waals surface area contributed by atoms with E-state index >= 15 is 0 Å². The number of carbonyl (C=O) groups excluding carboxylic acids is 2. The van der Waals surface area contributed by atoms with Crippen molar-refractivity contribution >= 4 is 39.3 Å². The predicted molar refractivity (Wildman–Crippen MR) is 113 cm³/mol. The Morgan fingerprint density at radius 1 is 1.11 bits per heavy atom. The summed E-state index contributed by atoms with van der Waals surface area (Å²) in [5.74, 6) is 0.350. The number of carbonyl (C=O) groups is 2. The van der Waals surface area contributed by atoms with Crippen molar-refractivity contribution in [3.8, 4) is 5.75 Å². The van der Waals surface area contributed by atoms with Gasteiger partial charge in [0.25, 0.3) is 0 Å². The third kappa shape index (κ3) is 5.27. The number of hydrogen-bond acceptors (Lipinski definition) is 5. The Morgan fingerprint density at radius 2 is 1.86 bits per heavy atom. The van der Waals surface area contributed by atoms with Crippen LogP contribution in [0.4, 0.5) is 0 Å². The molecule has 0 saturated carbocycles. The number of hydrogen-bond donors (Lipinski definition) is 1. The van der Waals surface area contributed by atoms with E-state index in [0.29, 0.717) is 5.56 Å². The molecule has 0 bridgehead atoms. The number of benzene rings is 2. The molecule has 0 unspecified atom stereocenters. The normalized spacial score (nSPS) is 11.2.